The van der Waals surface area contributed by atoms with Crippen molar-refractivity contribution in [3.05, 3.63) is 56.6 Å². The van der Waals surface area contributed by atoms with Gasteiger partial charge in [-0.25, -0.2) is 9.18 Å². The molecule has 134 valence electrons. The number of nitrogens with one attached hydrogen (secondary N) is 1. The number of aryl methyl sites for hydroxylation is 1. The summed E-state index contributed by atoms with van der Waals surface area (Å²) in [5.74, 6) is 0.206. The normalized spacial score (nSPS) is 16.7. The van der Waals surface area contributed by atoms with E-state index in [-0.39, 0.29) is 6.10 Å². The lowest BCUT2D eigenvalue weighted by atomic mass is 10.0. The van der Waals surface area contributed by atoms with Gasteiger partial charge in [-0.2, -0.15) is 0 Å². The second-order valence-corrected chi connectivity index (χ2v) is 7.22. The molecule has 1 atom stereocenters. The summed E-state index contributed by atoms with van der Waals surface area (Å²) in [5, 5.41) is 0.451. The molecule has 0 fully saturated rings. The van der Waals surface area contributed by atoms with Crippen molar-refractivity contribution in [2.24, 2.45) is 0 Å². The SMILES string of the molecule is CO[C@@H]1CSc2c(-c3ccc(F)cn3)c(C)cc3c(=O)[nH]c(=O)n(c23)C1. The van der Waals surface area contributed by atoms with E-state index in [1.165, 1.54) is 17.8 Å². The predicted octanol–water partition coefficient (Wildman–Crippen LogP) is 2.32. The number of thioether (sulfide) groups is 1. The fourth-order valence-corrected chi connectivity index (χ4v) is 4.64. The van der Waals surface area contributed by atoms with Crippen LogP contribution in [0.4, 0.5) is 4.39 Å². The van der Waals surface area contributed by atoms with Crippen molar-refractivity contribution in [2.45, 2.75) is 24.5 Å². The van der Waals surface area contributed by atoms with Crippen LogP contribution in [-0.2, 0) is 11.3 Å². The van der Waals surface area contributed by atoms with Crippen LogP contribution in [0.2, 0.25) is 0 Å². The number of aromatic amines is 1. The van der Waals surface area contributed by atoms with Crippen LogP contribution < -0.4 is 11.2 Å². The van der Waals surface area contributed by atoms with E-state index in [1.807, 2.05) is 6.92 Å². The van der Waals surface area contributed by atoms with Crippen molar-refractivity contribution >= 4 is 22.7 Å². The molecule has 8 heteroatoms. The molecule has 1 N–H and O–H groups in total. The first-order chi connectivity index (χ1) is 12.5. The summed E-state index contributed by atoms with van der Waals surface area (Å²) in [4.78, 5) is 32.2. The number of hydrogen-bond donors (Lipinski definition) is 1. The number of benzene rings is 1. The zero-order valence-electron chi connectivity index (χ0n) is 14.2. The zero-order chi connectivity index (χ0) is 18.4. The molecule has 0 bridgehead atoms. The maximum Gasteiger partial charge on any atom is 0.328 e. The standard InChI is InChI=1S/C18H16FN3O3S/c1-9-5-12-15-16(14(9)13-4-3-10(19)6-20-13)26-8-11(25-2)7-22(15)18(24)21-17(12)23/h3-6,11H,7-8H2,1-2H3,(H,21,23,24)/t11-/m0/s1. The first-order valence-electron chi connectivity index (χ1n) is 8.07. The maximum absolute atomic E-state index is 13.3. The highest BCUT2D eigenvalue weighted by atomic mass is 32.2. The quantitative estimate of drug-likeness (QED) is 0.746. The van der Waals surface area contributed by atoms with Crippen molar-refractivity contribution in [1.82, 2.24) is 14.5 Å². The number of halogens is 1. The summed E-state index contributed by atoms with van der Waals surface area (Å²) in [6, 6.07) is 4.71. The molecular weight excluding hydrogens is 357 g/mol. The third-order valence-electron chi connectivity index (χ3n) is 4.55. The molecule has 1 aliphatic rings. The Hall–Kier alpha value is -2.45. The number of hydrogen-bond acceptors (Lipinski definition) is 5. The molecule has 0 amide bonds. The molecule has 0 unspecified atom stereocenters. The van der Waals surface area contributed by atoms with E-state index in [0.29, 0.717) is 28.9 Å². The molecule has 1 aliphatic heterocycles. The smallest absolute Gasteiger partial charge is 0.328 e. The second-order valence-electron chi connectivity index (χ2n) is 6.19. The maximum atomic E-state index is 13.3. The van der Waals surface area contributed by atoms with Crippen LogP contribution in [0.3, 0.4) is 0 Å². The molecule has 2 aromatic heterocycles. The molecule has 0 radical (unpaired) electrons. The van der Waals surface area contributed by atoms with Crippen molar-refractivity contribution < 1.29 is 9.13 Å². The third-order valence-corrected chi connectivity index (χ3v) is 5.77. The molecule has 3 heterocycles. The summed E-state index contributed by atoms with van der Waals surface area (Å²) < 4.78 is 20.3. The Balaban J connectivity index is 2.12. The van der Waals surface area contributed by atoms with E-state index >= 15 is 0 Å². The van der Waals surface area contributed by atoms with Gasteiger partial charge in [0.1, 0.15) is 5.82 Å². The summed E-state index contributed by atoms with van der Waals surface area (Å²) in [6.45, 7) is 2.23. The Labute approximate surface area is 152 Å². The Morgan fingerprint density at radius 1 is 1.38 bits per heavy atom. The van der Waals surface area contributed by atoms with Gasteiger partial charge < -0.3 is 4.74 Å². The molecule has 4 rings (SSSR count). The van der Waals surface area contributed by atoms with Gasteiger partial charge in [-0.15, -0.1) is 11.8 Å². The molecule has 0 spiro atoms. The monoisotopic (exact) mass is 373 g/mol. The van der Waals surface area contributed by atoms with Gasteiger partial charge in [0.15, 0.2) is 0 Å². The van der Waals surface area contributed by atoms with Gasteiger partial charge in [0.05, 0.1) is 35.4 Å². The largest absolute Gasteiger partial charge is 0.379 e. The number of methoxy groups -OCH3 is 1. The Kier molecular flexibility index (Phi) is 4.16. The molecule has 26 heavy (non-hydrogen) atoms. The van der Waals surface area contributed by atoms with Crippen LogP contribution in [0.15, 0.2) is 38.9 Å². The summed E-state index contributed by atoms with van der Waals surface area (Å²) in [5.41, 5.74) is 1.94. The molecule has 6 nitrogen and oxygen atoms in total. The lowest BCUT2D eigenvalue weighted by molar-refractivity contribution is 0.107. The lowest BCUT2D eigenvalue weighted by Gasteiger charge is -2.15. The van der Waals surface area contributed by atoms with Crippen LogP contribution in [0.5, 0.6) is 0 Å². The first-order valence-corrected chi connectivity index (χ1v) is 9.06. The van der Waals surface area contributed by atoms with E-state index in [1.54, 1.807) is 23.8 Å². The molecule has 0 saturated heterocycles. The van der Waals surface area contributed by atoms with Crippen molar-refractivity contribution in [3.8, 4) is 11.3 Å². The van der Waals surface area contributed by atoms with E-state index < -0.39 is 17.1 Å². The van der Waals surface area contributed by atoms with Gasteiger partial charge in [-0.3, -0.25) is 19.3 Å². The Bertz CT molecular complexity index is 1120. The summed E-state index contributed by atoms with van der Waals surface area (Å²) >= 11 is 1.52. The van der Waals surface area contributed by atoms with E-state index in [4.69, 9.17) is 4.74 Å². The molecule has 1 aromatic carbocycles. The van der Waals surface area contributed by atoms with Crippen LogP contribution in [0.25, 0.3) is 22.2 Å². The van der Waals surface area contributed by atoms with Crippen LogP contribution in [0, 0.1) is 12.7 Å². The van der Waals surface area contributed by atoms with Crippen LogP contribution >= 0.6 is 11.8 Å². The predicted molar refractivity (Wildman–Crippen MR) is 98.3 cm³/mol. The number of nitrogens with zero attached hydrogens (tertiary/aromatic N) is 2. The fourth-order valence-electron chi connectivity index (χ4n) is 3.28. The highest BCUT2D eigenvalue weighted by Crippen LogP contribution is 2.40. The first kappa shape index (κ1) is 17.0. The van der Waals surface area contributed by atoms with E-state index in [9.17, 15) is 14.0 Å². The highest BCUT2D eigenvalue weighted by molar-refractivity contribution is 7.99. The average Bonchev–Trinajstić information content (AvgIpc) is 2.81. The molecule has 0 saturated carbocycles. The third kappa shape index (κ3) is 2.65. The van der Waals surface area contributed by atoms with Gasteiger partial charge in [0.2, 0.25) is 0 Å². The number of pyridine rings is 1. The number of ether oxygens (including phenoxy) is 1. The average molecular weight is 373 g/mol. The summed E-state index contributed by atoms with van der Waals surface area (Å²) in [6.07, 6.45) is 0.990. The lowest BCUT2D eigenvalue weighted by Crippen LogP contribution is -2.34. The number of H-pyrrole nitrogens is 1. The number of rotatable bonds is 2. The van der Waals surface area contributed by atoms with Gasteiger partial charge >= 0.3 is 5.69 Å². The molecular formula is C18H16FN3O3S. The van der Waals surface area contributed by atoms with E-state index in [0.717, 1.165) is 22.2 Å². The van der Waals surface area contributed by atoms with Crippen molar-refractivity contribution in [3.63, 3.8) is 0 Å². The highest BCUT2D eigenvalue weighted by Gasteiger charge is 2.25. The Morgan fingerprint density at radius 2 is 2.19 bits per heavy atom. The van der Waals surface area contributed by atoms with Gasteiger partial charge in [-0.1, -0.05) is 0 Å². The zero-order valence-corrected chi connectivity index (χ0v) is 15.0. The molecule has 3 aromatic rings. The molecule has 0 aliphatic carbocycles. The number of aromatic nitrogens is 3. The minimum Gasteiger partial charge on any atom is -0.379 e. The van der Waals surface area contributed by atoms with Crippen LogP contribution in [-0.4, -0.2) is 33.5 Å². The second kappa shape index (κ2) is 6.37. The minimum atomic E-state index is -0.463. The van der Waals surface area contributed by atoms with Gasteiger partial charge in [0, 0.05) is 23.3 Å². The van der Waals surface area contributed by atoms with Gasteiger partial charge in [-0.05, 0) is 30.7 Å². The van der Waals surface area contributed by atoms with Crippen LogP contribution in [0.1, 0.15) is 5.56 Å². The summed E-state index contributed by atoms with van der Waals surface area (Å²) in [7, 11) is 1.60. The topological polar surface area (TPSA) is 77.0 Å². The Morgan fingerprint density at radius 3 is 2.88 bits per heavy atom. The minimum absolute atomic E-state index is 0.173. The van der Waals surface area contributed by atoms with Gasteiger partial charge in [0.25, 0.3) is 5.56 Å². The van der Waals surface area contributed by atoms with E-state index in [2.05, 4.69) is 9.97 Å². The van der Waals surface area contributed by atoms with Crippen molar-refractivity contribution in [2.75, 3.05) is 12.9 Å². The van der Waals surface area contributed by atoms with Crippen molar-refractivity contribution in [1.29, 1.82) is 0 Å². The fraction of sp³-hybridized carbons (Fsp3) is 0.278.